The first kappa shape index (κ1) is 27.9. The van der Waals surface area contributed by atoms with Gasteiger partial charge in [-0.3, -0.25) is 14.2 Å². The fourth-order valence-corrected chi connectivity index (χ4v) is 4.53. The molecule has 1 aliphatic heterocycles. The zero-order valence-electron chi connectivity index (χ0n) is 21.3. The number of aryl methyl sites for hydroxylation is 1. The molecule has 1 saturated heterocycles. The summed E-state index contributed by atoms with van der Waals surface area (Å²) in [7, 11) is 0. The number of rotatable bonds is 6. The highest BCUT2D eigenvalue weighted by molar-refractivity contribution is 6.09. The van der Waals surface area contributed by atoms with Crippen molar-refractivity contribution in [3.05, 3.63) is 77.4 Å². The molecular formula is C26H24F3N7O5. The molecule has 0 saturated carbocycles. The molecule has 2 aromatic carbocycles. The summed E-state index contributed by atoms with van der Waals surface area (Å²) >= 11 is 0. The molecule has 2 aromatic heterocycles. The Kier molecular flexibility index (Phi) is 7.33. The minimum atomic E-state index is -4.63. The van der Waals surface area contributed by atoms with Gasteiger partial charge >= 0.3 is 6.18 Å². The van der Waals surface area contributed by atoms with E-state index in [2.05, 4.69) is 25.6 Å². The van der Waals surface area contributed by atoms with Crippen LogP contribution in [-0.4, -0.2) is 66.4 Å². The van der Waals surface area contributed by atoms with Crippen molar-refractivity contribution < 1.29 is 37.7 Å². The lowest BCUT2D eigenvalue weighted by atomic mass is 10.0. The maximum Gasteiger partial charge on any atom is 0.416 e. The van der Waals surface area contributed by atoms with E-state index >= 15 is 0 Å². The highest BCUT2D eigenvalue weighted by atomic mass is 19.4. The highest BCUT2D eigenvalue weighted by Crippen LogP contribution is 2.32. The maximum absolute atomic E-state index is 13.2. The molecule has 1 aliphatic rings. The molecule has 0 aliphatic carbocycles. The van der Waals surface area contributed by atoms with E-state index in [1.165, 1.54) is 48.4 Å². The lowest BCUT2D eigenvalue weighted by molar-refractivity contribution is -0.137. The zero-order valence-corrected chi connectivity index (χ0v) is 21.3. The first-order chi connectivity index (χ1) is 19.4. The third-order valence-corrected chi connectivity index (χ3v) is 6.55. The Morgan fingerprint density at radius 2 is 1.83 bits per heavy atom. The van der Waals surface area contributed by atoms with Crippen molar-refractivity contribution in [1.82, 2.24) is 24.8 Å². The number of carbonyl (C=O) groups is 2. The molecule has 5 rings (SSSR count). The average Bonchev–Trinajstić information content (AvgIpc) is 3.48. The second-order valence-corrected chi connectivity index (χ2v) is 9.42. The molecular weight excluding hydrogens is 547 g/mol. The normalized spacial score (nSPS) is 20.7. The van der Waals surface area contributed by atoms with Gasteiger partial charge in [0.2, 0.25) is 0 Å². The second-order valence-electron chi connectivity index (χ2n) is 9.42. The summed E-state index contributed by atoms with van der Waals surface area (Å²) < 4.78 is 46.9. The highest BCUT2D eigenvalue weighted by Gasteiger charge is 2.44. The van der Waals surface area contributed by atoms with Crippen LogP contribution >= 0.6 is 0 Å². The van der Waals surface area contributed by atoms with Crippen molar-refractivity contribution in [3.8, 4) is 0 Å². The second kappa shape index (κ2) is 10.8. The third-order valence-electron chi connectivity index (χ3n) is 6.55. The van der Waals surface area contributed by atoms with E-state index < -0.39 is 48.1 Å². The van der Waals surface area contributed by atoms with E-state index in [1.54, 1.807) is 6.07 Å². The first-order valence-electron chi connectivity index (χ1n) is 12.3. The minimum absolute atomic E-state index is 0.0157. The number of aliphatic hydroxyl groups excluding tert-OH is 2. The van der Waals surface area contributed by atoms with Gasteiger partial charge in [-0.1, -0.05) is 12.1 Å². The Morgan fingerprint density at radius 3 is 2.59 bits per heavy atom. The Balaban J connectivity index is 1.28. The fourth-order valence-electron chi connectivity index (χ4n) is 4.53. The maximum atomic E-state index is 13.2. The van der Waals surface area contributed by atoms with Crippen molar-refractivity contribution in [1.29, 1.82) is 0 Å². The van der Waals surface area contributed by atoms with Crippen molar-refractivity contribution in [2.75, 3.05) is 17.6 Å². The van der Waals surface area contributed by atoms with E-state index in [4.69, 9.17) is 10.5 Å². The smallest absolute Gasteiger partial charge is 0.387 e. The van der Waals surface area contributed by atoms with Gasteiger partial charge in [-0.25, -0.2) is 15.0 Å². The molecule has 41 heavy (non-hydrogen) atoms. The number of nitrogens with one attached hydrogen (secondary N) is 2. The van der Waals surface area contributed by atoms with Crippen LogP contribution < -0.4 is 16.4 Å². The molecule has 3 heterocycles. The number of hydrogen-bond acceptors (Lipinski definition) is 9. The number of imidazole rings is 1. The zero-order chi connectivity index (χ0) is 29.5. The van der Waals surface area contributed by atoms with Crippen molar-refractivity contribution in [2.45, 2.75) is 37.6 Å². The number of aliphatic hydroxyl groups is 2. The number of anilines is 2. The Morgan fingerprint density at radius 1 is 1.07 bits per heavy atom. The molecule has 2 amide bonds. The van der Waals surface area contributed by atoms with Crippen molar-refractivity contribution in [3.63, 3.8) is 0 Å². The quantitative estimate of drug-likeness (QED) is 0.232. The molecule has 0 radical (unpaired) electrons. The van der Waals surface area contributed by atoms with Crippen LogP contribution in [0.15, 0.2) is 55.1 Å². The first-order valence-corrected chi connectivity index (χ1v) is 12.3. The number of halogens is 3. The number of aromatic nitrogens is 4. The predicted octanol–water partition coefficient (Wildman–Crippen LogP) is 2.04. The molecule has 4 unspecified atom stereocenters. The number of benzene rings is 2. The van der Waals surface area contributed by atoms with Gasteiger partial charge in [0.05, 0.1) is 23.1 Å². The number of alkyl halides is 3. The Hall–Kier alpha value is -4.60. The number of nitrogen functional groups attached to an aromatic ring is 1. The van der Waals surface area contributed by atoms with Crippen molar-refractivity contribution in [2.24, 2.45) is 0 Å². The van der Waals surface area contributed by atoms with E-state index in [9.17, 15) is 33.0 Å². The molecule has 214 valence electrons. The summed E-state index contributed by atoms with van der Waals surface area (Å²) in [6, 6.07) is 8.88. The summed E-state index contributed by atoms with van der Waals surface area (Å²) in [6.45, 7) is 1.21. The molecule has 0 spiro atoms. The average molecular weight is 572 g/mol. The Bertz CT molecular complexity index is 1630. The van der Waals surface area contributed by atoms with Gasteiger partial charge in [0, 0.05) is 12.1 Å². The fraction of sp³-hybridized carbons (Fsp3) is 0.269. The van der Waals surface area contributed by atoms with Gasteiger partial charge in [0.1, 0.15) is 30.2 Å². The van der Waals surface area contributed by atoms with Crippen molar-refractivity contribution >= 4 is 34.5 Å². The number of nitrogens with zero attached hydrogens (tertiary/aromatic N) is 4. The van der Waals surface area contributed by atoms with Crippen LogP contribution in [0.25, 0.3) is 11.2 Å². The molecule has 4 atom stereocenters. The summed E-state index contributed by atoms with van der Waals surface area (Å²) in [4.78, 5) is 37.9. The molecule has 12 nitrogen and oxygen atoms in total. The third kappa shape index (κ3) is 5.54. The minimum Gasteiger partial charge on any atom is -0.387 e. The van der Waals surface area contributed by atoms with E-state index in [0.29, 0.717) is 0 Å². The number of nitrogens with two attached hydrogens (primary N) is 1. The molecule has 15 heteroatoms. The van der Waals surface area contributed by atoms with E-state index in [-0.39, 0.29) is 45.9 Å². The van der Waals surface area contributed by atoms with Gasteiger partial charge in [-0.05, 0) is 42.8 Å². The van der Waals surface area contributed by atoms with Gasteiger partial charge in [-0.15, -0.1) is 0 Å². The largest absolute Gasteiger partial charge is 0.416 e. The molecule has 0 bridgehead atoms. The van der Waals surface area contributed by atoms with Crippen LogP contribution in [-0.2, 0) is 10.9 Å². The van der Waals surface area contributed by atoms with Gasteiger partial charge in [0.25, 0.3) is 11.8 Å². The van der Waals surface area contributed by atoms with Gasteiger partial charge in [0.15, 0.2) is 17.7 Å². The SMILES string of the molecule is Cc1cc(C(=O)Nc2ccccc2C(=O)NCC2OC(n3cnc4c(N)ncnc43)C(O)C2O)cc(C(F)(F)F)c1. The standard InChI is InChI=1S/C26H24F3N7O5/c1-12-6-13(8-14(7-12)26(27,28)29)23(39)35-16-5-3-2-4-15(16)24(40)31-9-17-19(37)20(38)25(41-17)36-11-34-18-21(30)32-10-33-22(18)36/h2-8,10-11,17,19-20,25,37-38H,9H2,1H3,(H,31,40)(H,35,39)(H2,30,32,33). The Labute approximate surface area is 230 Å². The number of carbonyl (C=O) groups excluding carboxylic acids is 2. The van der Waals surface area contributed by atoms with Gasteiger partial charge in [-0.2, -0.15) is 13.2 Å². The number of para-hydroxylation sites is 1. The number of hydrogen-bond donors (Lipinski definition) is 5. The monoisotopic (exact) mass is 571 g/mol. The number of fused-ring (bicyclic) bond motifs is 1. The van der Waals surface area contributed by atoms with Crippen LogP contribution in [0.5, 0.6) is 0 Å². The van der Waals surface area contributed by atoms with Crippen LogP contribution in [0.4, 0.5) is 24.7 Å². The summed E-state index contributed by atoms with van der Waals surface area (Å²) in [6.07, 6.45) is -6.99. The summed E-state index contributed by atoms with van der Waals surface area (Å²) in [5, 5.41) is 26.3. The van der Waals surface area contributed by atoms with Crippen LogP contribution in [0.3, 0.4) is 0 Å². The van der Waals surface area contributed by atoms with Gasteiger partial charge < -0.3 is 31.3 Å². The topological polar surface area (TPSA) is 178 Å². The van der Waals surface area contributed by atoms with Crippen LogP contribution in [0, 0.1) is 6.92 Å². The molecule has 6 N–H and O–H groups in total. The lowest BCUT2D eigenvalue weighted by Crippen LogP contribution is -2.40. The van der Waals surface area contributed by atoms with Crippen LogP contribution in [0.1, 0.15) is 38.1 Å². The summed E-state index contributed by atoms with van der Waals surface area (Å²) in [5.41, 5.74) is 5.48. The number of amides is 2. The number of ether oxygens (including phenoxy) is 1. The van der Waals surface area contributed by atoms with Crippen LogP contribution in [0.2, 0.25) is 0 Å². The molecule has 1 fully saturated rings. The van der Waals surface area contributed by atoms with E-state index in [0.717, 1.165) is 12.1 Å². The predicted molar refractivity (Wildman–Crippen MR) is 139 cm³/mol. The molecule has 4 aromatic rings. The summed E-state index contributed by atoms with van der Waals surface area (Å²) in [5.74, 6) is -1.38. The lowest BCUT2D eigenvalue weighted by Gasteiger charge is -2.17. The van der Waals surface area contributed by atoms with E-state index in [1.807, 2.05) is 0 Å².